The van der Waals surface area contributed by atoms with Gasteiger partial charge in [0.1, 0.15) is 5.60 Å². The van der Waals surface area contributed by atoms with Crippen LogP contribution < -0.4 is 0 Å². The van der Waals surface area contributed by atoms with Crippen molar-refractivity contribution in [1.29, 1.82) is 0 Å². The highest BCUT2D eigenvalue weighted by Crippen LogP contribution is 2.66. The van der Waals surface area contributed by atoms with Gasteiger partial charge < -0.3 is 9.84 Å². The summed E-state index contributed by atoms with van der Waals surface area (Å²) in [6.07, 6.45) is 35.2. The van der Waals surface area contributed by atoms with Crippen molar-refractivity contribution in [3.8, 4) is 0 Å². The Hall–Kier alpha value is -2.68. The van der Waals surface area contributed by atoms with Crippen molar-refractivity contribution in [2.24, 2.45) is 10.8 Å². The summed E-state index contributed by atoms with van der Waals surface area (Å²) in [7, 11) is 0. The van der Waals surface area contributed by atoms with Gasteiger partial charge in [0.2, 0.25) is 0 Å². The van der Waals surface area contributed by atoms with Crippen molar-refractivity contribution < 1.29 is 9.84 Å². The number of epoxide rings is 1. The first-order valence-corrected chi connectivity index (χ1v) is 15.8. The second kappa shape index (κ2) is 13.7. The molecule has 0 radical (unpaired) electrons. The van der Waals surface area contributed by atoms with E-state index in [1.807, 2.05) is 0 Å². The Labute approximate surface area is 257 Å². The molecule has 0 spiro atoms. The number of rotatable bonds is 10. The average Bonchev–Trinajstić information content (AvgIpc) is 3.51. The summed E-state index contributed by atoms with van der Waals surface area (Å²) in [5, 5.41) is 10.1. The predicted molar refractivity (Wildman–Crippen MR) is 182 cm³/mol. The largest absolute Gasteiger partial charge is 0.393 e. The number of aliphatic hydroxyl groups is 1. The van der Waals surface area contributed by atoms with Crippen LogP contribution in [-0.2, 0) is 4.74 Å². The fraction of sp³-hybridized carbons (Fsp3) is 0.500. The van der Waals surface area contributed by atoms with E-state index in [4.69, 9.17) is 4.74 Å². The summed E-state index contributed by atoms with van der Waals surface area (Å²) in [6.45, 7) is 22.1. The molecule has 2 nitrogen and oxygen atoms in total. The van der Waals surface area contributed by atoms with Gasteiger partial charge in [0.05, 0.1) is 11.7 Å². The zero-order valence-corrected chi connectivity index (χ0v) is 28.1. The molecule has 0 amide bonds. The average molecular weight is 569 g/mol. The third-order valence-corrected chi connectivity index (χ3v) is 9.43. The molecule has 2 fully saturated rings. The Morgan fingerprint density at radius 1 is 0.738 bits per heavy atom. The van der Waals surface area contributed by atoms with Crippen LogP contribution in [0.1, 0.15) is 101 Å². The fourth-order valence-corrected chi connectivity index (χ4v) is 6.89. The van der Waals surface area contributed by atoms with Crippen molar-refractivity contribution in [1.82, 2.24) is 0 Å². The lowest BCUT2D eigenvalue weighted by molar-refractivity contribution is 0.116. The van der Waals surface area contributed by atoms with Crippen molar-refractivity contribution in [2.75, 3.05) is 0 Å². The summed E-state index contributed by atoms with van der Waals surface area (Å²) in [5.41, 5.74) is 7.59. The second-order valence-corrected chi connectivity index (χ2v) is 14.4. The fourth-order valence-electron chi connectivity index (χ4n) is 6.89. The molecule has 3 aliphatic rings. The molecule has 0 aromatic heterocycles. The highest BCUT2D eigenvalue weighted by Gasteiger charge is 2.73. The molecule has 0 bridgehead atoms. The Bertz CT molecular complexity index is 1300. The van der Waals surface area contributed by atoms with Gasteiger partial charge in [-0.3, -0.25) is 0 Å². The topological polar surface area (TPSA) is 32.8 Å². The van der Waals surface area contributed by atoms with Crippen LogP contribution in [0.3, 0.4) is 0 Å². The number of allylic oxidation sites excluding steroid dienone is 18. The van der Waals surface area contributed by atoms with E-state index in [2.05, 4.69) is 154 Å². The van der Waals surface area contributed by atoms with Gasteiger partial charge in [-0.2, -0.15) is 0 Å². The van der Waals surface area contributed by atoms with Gasteiger partial charge in [-0.25, -0.2) is 0 Å². The van der Waals surface area contributed by atoms with E-state index in [0.717, 1.165) is 19.3 Å². The minimum absolute atomic E-state index is 0.00993. The number of ether oxygens (including phenoxy) is 1. The molecule has 0 aromatic carbocycles. The molecule has 2 aliphatic carbocycles. The lowest BCUT2D eigenvalue weighted by Crippen LogP contribution is -2.41. The Kier molecular flexibility index (Phi) is 11.1. The Morgan fingerprint density at radius 2 is 1.26 bits per heavy atom. The lowest BCUT2D eigenvalue weighted by atomic mass is 9.64. The van der Waals surface area contributed by atoms with E-state index in [1.54, 1.807) is 0 Å². The van der Waals surface area contributed by atoms with Crippen LogP contribution in [0.5, 0.6) is 0 Å². The maximum Gasteiger partial charge on any atom is 0.121 e. The second-order valence-electron chi connectivity index (χ2n) is 14.4. The molecule has 3 rings (SSSR count). The summed E-state index contributed by atoms with van der Waals surface area (Å²) < 4.78 is 6.34. The van der Waals surface area contributed by atoms with E-state index in [9.17, 15) is 5.11 Å². The van der Waals surface area contributed by atoms with Gasteiger partial charge in [-0.1, -0.05) is 135 Å². The molecule has 2 heteroatoms. The predicted octanol–water partition coefficient (Wildman–Crippen LogP) is 10.8. The highest BCUT2D eigenvalue weighted by molar-refractivity contribution is 5.39. The summed E-state index contributed by atoms with van der Waals surface area (Å²) in [5.74, 6) is 0. The summed E-state index contributed by atoms with van der Waals surface area (Å²) in [6, 6.07) is 0. The van der Waals surface area contributed by atoms with Gasteiger partial charge >= 0.3 is 0 Å². The molecule has 0 aromatic rings. The zero-order chi connectivity index (χ0) is 31.2. The normalized spacial score (nSPS) is 31.0. The molecule has 1 N–H and O–H groups in total. The van der Waals surface area contributed by atoms with E-state index in [1.165, 1.54) is 46.3 Å². The molecule has 1 heterocycles. The highest BCUT2D eigenvalue weighted by atomic mass is 16.6. The van der Waals surface area contributed by atoms with Gasteiger partial charge in [-0.15, -0.1) is 0 Å². The number of hydrogen-bond acceptors (Lipinski definition) is 2. The van der Waals surface area contributed by atoms with Crippen LogP contribution in [0.15, 0.2) is 119 Å². The van der Waals surface area contributed by atoms with E-state index in [0.29, 0.717) is 0 Å². The van der Waals surface area contributed by atoms with E-state index >= 15 is 0 Å². The number of aliphatic hydroxyl groups excluding tert-OH is 1. The first kappa shape index (κ1) is 33.8. The van der Waals surface area contributed by atoms with Gasteiger partial charge in [0.15, 0.2) is 0 Å². The van der Waals surface area contributed by atoms with E-state index < -0.39 is 0 Å². The molecule has 1 saturated heterocycles. The monoisotopic (exact) mass is 568 g/mol. The molecule has 0 unspecified atom stereocenters. The van der Waals surface area contributed by atoms with Crippen LogP contribution >= 0.6 is 0 Å². The Balaban J connectivity index is 1.49. The molecular formula is C40H56O2. The molecular weight excluding hydrogens is 512 g/mol. The number of fused-ring (bicyclic) bond motifs is 1. The maximum atomic E-state index is 10.1. The SMILES string of the molecule is CC1=C(/C=C/C(C)=C/C=C/C(C)=C/C=C/C=C(C)/C=C/C=C(C)/C=C/[C@@]23O[C@]2(C)CCCC3(C)C)C(C)(C)C[C@H](O)C1. The van der Waals surface area contributed by atoms with Crippen LogP contribution in [-0.4, -0.2) is 22.4 Å². The zero-order valence-electron chi connectivity index (χ0n) is 28.1. The van der Waals surface area contributed by atoms with Gasteiger partial charge in [-0.05, 0) is 90.7 Å². The van der Waals surface area contributed by atoms with Crippen LogP contribution in [0, 0.1) is 10.8 Å². The standard InChI is InChI=1S/C40H56O2/c1-30(18-13-20-32(3)22-23-36-34(5)28-35(41)29-37(36,6)7)16-11-12-17-31(2)19-14-21-33(4)24-27-40-38(8,9)25-15-26-39(40,10)42-40/h11-14,16-24,27,35,41H,15,25-26,28-29H2,1-10H3/b12-11+,18-13+,19-14+,23-22+,27-24+,30-16+,31-17+,32-20+,33-21+/t35-,39-,40+/m1/s1. The minimum Gasteiger partial charge on any atom is -0.393 e. The summed E-state index contributed by atoms with van der Waals surface area (Å²) in [4.78, 5) is 0. The lowest BCUT2D eigenvalue weighted by Gasteiger charge is -2.36. The minimum atomic E-state index is -0.223. The van der Waals surface area contributed by atoms with Crippen LogP contribution in [0.4, 0.5) is 0 Å². The van der Waals surface area contributed by atoms with E-state index in [-0.39, 0.29) is 28.1 Å². The van der Waals surface area contributed by atoms with Crippen molar-refractivity contribution >= 4 is 0 Å². The van der Waals surface area contributed by atoms with Crippen LogP contribution in [0.25, 0.3) is 0 Å². The maximum absolute atomic E-state index is 10.1. The summed E-state index contributed by atoms with van der Waals surface area (Å²) >= 11 is 0. The van der Waals surface area contributed by atoms with Crippen molar-refractivity contribution in [2.45, 2.75) is 119 Å². The third-order valence-electron chi connectivity index (χ3n) is 9.43. The van der Waals surface area contributed by atoms with Gasteiger partial charge in [0, 0.05) is 5.41 Å². The first-order chi connectivity index (χ1) is 19.6. The van der Waals surface area contributed by atoms with Gasteiger partial charge in [0.25, 0.3) is 0 Å². The quantitative estimate of drug-likeness (QED) is 0.210. The number of hydrogen-bond donors (Lipinski definition) is 1. The first-order valence-electron chi connectivity index (χ1n) is 15.8. The molecule has 42 heavy (non-hydrogen) atoms. The molecule has 1 aliphatic heterocycles. The molecule has 1 saturated carbocycles. The Morgan fingerprint density at radius 3 is 1.81 bits per heavy atom. The van der Waals surface area contributed by atoms with Crippen molar-refractivity contribution in [3.63, 3.8) is 0 Å². The van der Waals surface area contributed by atoms with Crippen molar-refractivity contribution in [3.05, 3.63) is 119 Å². The smallest absolute Gasteiger partial charge is 0.121 e. The molecule has 228 valence electrons. The van der Waals surface area contributed by atoms with Crippen LogP contribution in [0.2, 0.25) is 0 Å². The molecule has 3 atom stereocenters. The third kappa shape index (κ3) is 8.45.